The molecule has 1 fully saturated rings. The van der Waals surface area contributed by atoms with Crippen LogP contribution >= 0.6 is 0 Å². The first-order valence-corrected chi connectivity index (χ1v) is 6.80. The lowest BCUT2D eigenvalue weighted by atomic mass is 9.76. The molecule has 2 atom stereocenters. The summed E-state index contributed by atoms with van der Waals surface area (Å²) < 4.78 is 26.8. The van der Waals surface area contributed by atoms with Crippen LogP contribution in [0.3, 0.4) is 0 Å². The molecule has 0 saturated carbocycles. The van der Waals surface area contributed by atoms with E-state index in [0.717, 1.165) is 17.0 Å². The molecule has 7 heteroatoms. The first-order chi connectivity index (χ1) is 10.1. The second-order valence-corrected chi connectivity index (χ2v) is 6.02. The maximum absolute atomic E-state index is 13.4. The molecule has 2 rings (SSSR count). The second kappa shape index (κ2) is 5.64. The van der Waals surface area contributed by atoms with E-state index in [-0.39, 0.29) is 12.0 Å². The maximum Gasteiger partial charge on any atom is 0.323 e. The van der Waals surface area contributed by atoms with E-state index in [0.29, 0.717) is 6.07 Å². The smallest absolute Gasteiger partial charge is 0.323 e. The Labute approximate surface area is 126 Å². The number of likely N-dealkylation sites (tertiary alicyclic amines) is 1. The maximum atomic E-state index is 13.4. The largest absolute Gasteiger partial charge is 0.480 e. The van der Waals surface area contributed by atoms with Crippen LogP contribution in [-0.4, -0.2) is 39.6 Å². The van der Waals surface area contributed by atoms with Gasteiger partial charge in [-0.15, -0.1) is 0 Å². The van der Waals surface area contributed by atoms with Gasteiger partial charge in [0.2, 0.25) is 5.91 Å². The minimum absolute atomic E-state index is 0.00884. The van der Waals surface area contributed by atoms with E-state index in [9.17, 15) is 23.5 Å². The average Bonchev–Trinajstić information content (AvgIpc) is 2.38. The van der Waals surface area contributed by atoms with E-state index in [1.54, 1.807) is 0 Å². The van der Waals surface area contributed by atoms with E-state index >= 15 is 0 Å². The molecule has 1 aromatic rings. The topological polar surface area (TPSA) is 77.8 Å². The SMILES string of the molecule is CC1(C)C(=O)N(CC(=O)O)[C@@H](c2cc(F)cc(F)c2)C[C@@H]1O. The quantitative estimate of drug-likeness (QED) is 0.890. The Kier molecular flexibility index (Phi) is 4.19. The van der Waals surface area contributed by atoms with Gasteiger partial charge in [0.15, 0.2) is 0 Å². The lowest BCUT2D eigenvalue weighted by molar-refractivity contribution is -0.164. The van der Waals surface area contributed by atoms with Gasteiger partial charge >= 0.3 is 5.97 Å². The third kappa shape index (κ3) is 2.94. The molecule has 5 nitrogen and oxygen atoms in total. The zero-order valence-electron chi connectivity index (χ0n) is 12.2. The van der Waals surface area contributed by atoms with Crippen molar-refractivity contribution in [3.05, 3.63) is 35.4 Å². The zero-order valence-corrected chi connectivity index (χ0v) is 12.2. The number of carbonyl (C=O) groups is 2. The molecule has 22 heavy (non-hydrogen) atoms. The Morgan fingerprint density at radius 3 is 2.36 bits per heavy atom. The standard InChI is InChI=1S/C15H17F2NO4/c1-15(2)12(19)6-11(18(14(15)22)7-13(20)21)8-3-9(16)5-10(17)4-8/h3-5,11-12,19H,6-7H2,1-2H3,(H,20,21)/t11-,12+/m1/s1. The normalized spacial score (nSPS) is 24.4. The van der Waals surface area contributed by atoms with Crippen LogP contribution in [0.4, 0.5) is 8.78 Å². The molecule has 1 aliphatic rings. The number of aliphatic hydroxyl groups excluding tert-OH is 1. The first kappa shape index (κ1) is 16.4. The van der Waals surface area contributed by atoms with Gasteiger partial charge in [-0.3, -0.25) is 9.59 Å². The third-order valence-electron chi connectivity index (χ3n) is 4.04. The van der Waals surface area contributed by atoms with Gasteiger partial charge in [-0.1, -0.05) is 0 Å². The molecular formula is C15H17F2NO4. The molecule has 1 amide bonds. The van der Waals surface area contributed by atoms with Crippen molar-refractivity contribution in [3.63, 3.8) is 0 Å². The molecule has 0 spiro atoms. The zero-order chi connectivity index (χ0) is 16.7. The molecule has 1 heterocycles. The van der Waals surface area contributed by atoms with Crippen LogP contribution in [0.15, 0.2) is 18.2 Å². The summed E-state index contributed by atoms with van der Waals surface area (Å²) in [7, 11) is 0. The van der Waals surface area contributed by atoms with E-state index < -0.39 is 47.6 Å². The number of amides is 1. The Hall–Kier alpha value is -2.02. The third-order valence-corrected chi connectivity index (χ3v) is 4.04. The fourth-order valence-corrected chi connectivity index (χ4v) is 2.70. The van der Waals surface area contributed by atoms with Gasteiger partial charge in [-0.25, -0.2) is 8.78 Å². The number of carboxylic acid groups (broad SMARTS) is 1. The summed E-state index contributed by atoms with van der Waals surface area (Å²) in [5.41, 5.74) is -1.03. The minimum Gasteiger partial charge on any atom is -0.480 e. The van der Waals surface area contributed by atoms with Crippen molar-refractivity contribution in [1.29, 1.82) is 0 Å². The Morgan fingerprint density at radius 1 is 1.32 bits per heavy atom. The molecule has 0 aliphatic carbocycles. The summed E-state index contributed by atoms with van der Waals surface area (Å²) in [5, 5.41) is 19.1. The molecule has 120 valence electrons. The molecule has 1 saturated heterocycles. The van der Waals surface area contributed by atoms with E-state index in [2.05, 4.69) is 0 Å². The van der Waals surface area contributed by atoms with Gasteiger partial charge in [-0.05, 0) is 38.0 Å². The highest BCUT2D eigenvalue weighted by molar-refractivity contribution is 5.87. The number of aliphatic carboxylic acids is 1. The molecular weight excluding hydrogens is 296 g/mol. The lowest BCUT2D eigenvalue weighted by Crippen LogP contribution is -2.55. The summed E-state index contributed by atoms with van der Waals surface area (Å²) >= 11 is 0. The summed E-state index contributed by atoms with van der Waals surface area (Å²) in [4.78, 5) is 24.5. The van der Waals surface area contributed by atoms with E-state index in [4.69, 9.17) is 5.11 Å². The van der Waals surface area contributed by atoms with Crippen LogP contribution in [0.2, 0.25) is 0 Å². The van der Waals surface area contributed by atoms with Crippen molar-refractivity contribution in [2.24, 2.45) is 5.41 Å². The molecule has 0 radical (unpaired) electrons. The minimum atomic E-state index is -1.23. The van der Waals surface area contributed by atoms with Gasteiger partial charge in [0, 0.05) is 6.07 Å². The summed E-state index contributed by atoms with van der Waals surface area (Å²) in [5.74, 6) is -3.44. The predicted molar refractivity (Wildman–Crippen MR) is 72.9 cm³/mol. The van der Waals surface area contributed by atoms with Crippen molar-refractivity contribution in [3.8, 4) is 0 Å². The number of hydrogen-bond acceptors (Lipinski definition) is 3. The molecule has 0 bridgehead atoms. The fourth-order valence-electron chi connectivity index (χ4n) is 2.70. The highest BCUT2D eigenvalue weighted by Gasteiger charge is 2.47. The van der Waals surface area contributed by atoms with Gasteiger partial charge in [0.05, 0.1) is 17.6 Å². The summed E-state index contributed by atoms with van der Waals surface area (Å²) in [6, 6.07) is 1.88. The highest BCUT2D eigenvalue weighted by atomic mass is 19.1. The van der Waals surface area contributed by atoms with Gasteiger partial charge in [-0.2, -0.15) is 0 Å². The second-order valence-electron chi connectivity index (χ2n) is 6.02. The number of aliphatic hydroxyl groups is 1. The summed E-state index contributed by atoms with van der Waals surface area (Å²) in [6.07, 6.45) is -1.03. The Balaban J connectivity index is 2.46. The molecule has 0 aromatic heterocycles. The van der Waals surface area contributed by atoms with Crippen molar-refractivity contribution >= 4 is 11.9 Å². The van der Waals surface area contributed by atoms with Crippen molar-refractivity contribution in [1.82, 2.24) is 4.90 Å². The van der Waals surface area contributed by atoms with Crippen LogP contribution in [0.25, 0.3) is 0 Å². The van der Waals surface area contributed by atoms with Crippen LogP contribution in [0, 0.1) is 17.0 Å². The number of carboxylic acids is 1. The number of halogens is 2. The Bertz CT molecular complexity index is 597. The lowest BCUT2D eigenvalue weighted by Gasteiger charge is -2.45. The van der Waals surface area contributed by atoms with Crippen LogP contribution in [0.5, 0.6) is 0 Å². The van der Waals surface area contributed by atoms with Gasteiger partial charge < -0.3 is 15.1 Å². The van der Waals surface area contributed by atoms with Crippen LogP contribution < -0.4 is 0 Å². The summed E-state index contributed by atoms with van der Waals surface area (Å²) in [6.45, 7) is 2.42. The van der Waals surface area contributed by atoms with Crippen molar-refractivity contribution in [2.45, 2.75) is 32.4 Å². The monoisotopic (exact) mass is 313 g/mol. The van der Waals surface area contributed by atoms with E-state index in [1.807, 2.05) is 0 Å². The number of rotatable bonds is 3. The number of hydrogen-bond donors (Lipinski definition) is 2. The number of nitrogens with zero attached hydrogens (tertiary/aromatic N) is 1. The molecule has 2 N–H and O–H groups in total. The number of carbonyl (C=O) groups excluding carboxylic acids is 1. The van der Waals surface area contributed by atoms with E-state index in [1.165, 1.54) is 13.8 Å². The first-order valence-electron chi connectivity index (χ1n) is 6.80. The van der Waals surface area contributed by atoms with Gasteiger partial charge in [0.25, 0.3) is 0 Å². The van der Waals surface area contributed by atoms with Crippen molar-refractivity contribution in [2.75, 3.05) is 6.54 Å². The average molecular weight is 313 g/mol. The molecule has 0 unspecified atom stereocenters. The van der Waals surface area contributed by atoms with Crippen molar-refractivity contribution < 1.29 is 28.6 Å². The molecule has 1 aliphatic heterocycles. The predicted octanol–water partition coefficient (Wildman–Crippen LogP) is 1.71. The fraction of sp³-hybridized carbons (Fsp3) is 0.467. The number of benzene rings is 1. The van der Waals surface area contributed by atoms with Crippen LogP contribution in [-0.2, 0) is 9.59 Å². The molecule has 1 aromatic carbocycles. The van der Waals surface area contributed by atoms with Crippen LogP contribution in [0.1, 0.15) is 31.9 Å². The Morgan fingerprint density at radius 2 is 1.86 bits per heavy atom. The highest BCUT2D eigenvalue weighted by Crippen LogP contribution is 2.40. The number of piperidine rings is 1. The van der Waals surface area contributed by atoms with Gasteiger partial charge in [0.1, 0.15) is 18.2 Å².